The van der Waals surface area contributed by atoms with Crippen LogP contribution in [0.25, 0.3) is 0 Å². The van der Waals surface area contributed by atoms with Crippen LogP contribution in [0.3, 0.4) is 0 Å². The molecule has 1 saturated carbocycles. The van der Waals surface area contributed by atoms with Gasteiger partial charge in [0, 0.05) is 6.54 Å². The number of hydrogen-bond donors (Lipinski definition) is 3. The lowest BCUT2D eigenvalue weighted by molar-refractivity contribution is -0.139. The zero-order valence-corrected chi connectivity index (χ0v) is 8.95. The molecule has 2 amide bonds. The van der Waals surface area contributed by atoms with Crippen LogP contribution in [-0.4, -0.2) is 29.7 Å². The van der Waals surface area contributed by atoms with Gasteiger partial charge in [-0.25, -0.2) is 9.59 Å². The third kappa shape index (κ3) is 4.67. The lowest BCUT2D eigenvalue weighted by Crippen LogP contribution is -2.45. The molecule has 0 aromatic rings. The second-order valence-corrected chi connectivity index (χ2v) is 3.93. The van der Waals surface area contributed by atoms with Gasteiger partial charge < -0.3 is 15.7 Å². The molecule has 0 heterocycles. The van der Waals surface area contributed by atoms with Crippen LogP contribution in [0.5, 0.6) is 0 Å². The van der Waals surface area contributed by atoms with Crippen molar-refractivity contribution in [1.29, 1.82) is 0 Å². The molecule has 5 nitrogen and oxygen atoms in total. The van der Waals surface area contributed by atoms with Gasteiger partial charge in [-0.05, 0) is 18.8 Å². The standard InChI is InChI=1S/C10H18N2O3/c1-2-8(9(13)14)12-10(15)11-6-5-7-3-4-7/h7-8H,2-6H2,1H3,(H,13,14)(H2,11,12,15)/t8-/m1/s1. The van der Waals surface area contributed by atoms with Gasteiger partial charge in [0.1, 0.15) is 6.04 Å². The minimum atomic E-state index is -0.991. The average Bonchev–Trinajstić information content (AvgIpc) is 2.97. The molecule has 1 aliphatic carbocycles. The van der Waals surface area contributed by atoms with Crippen LogP contribution in [0.2, 0.25) is 0 Å². The lowest BCUT2D eigenvalue weighted by Gasteiger charge is -2.12. The van der Waals surface area contributed by atoms with Gasteiger partial charge in [-0.1, -0.05) is 19.8 Å². The van der Waals surface area contributed by atoms with Crippen molar-refractivity contribution in [1.82, 2.24) is 10.6 Å². The van der Waals surface area contributed by atoms with Crippen LogP contribution in [0.15, 0.2) is 0 Å². The third-order valence-electron chi connectivity index (χ3n) is 2.55. The Bertz CT molecular complexity index is 239. The van der Waals surface area contributed by atoms with Crippen molar-refractivity contribution < 1.29 is 14.7 Å². The molecule has 5 heteroatoms. The van der Waals surface area contributed by atoms with E-state index in [1.807, 2.05) is 0 Å². The summed E-state index contributed by atoms with van der Waals surface area (Å²) >= 11 is 0. The number of carbonyl (C=O) groups is 2. The van der Waals surface area contributed by atoms with Crippen molar-refractivity contribution in [2.45, 2.75) is 38.6 Å². The average molecular weight is 214 g/mol. The van der Waals surface area contributed by atoms with Gasteiger partial charge in [-0.2, -0.15) is 0 Å². The number of amides is 2. The van der Waals surface area contributed by atoms with Crippen LogP contribution in [0.4, 0.5) is 4.79 Å². The molecule has 0 aromatic carbocycles. The minimum Gasteiger partial charge on any atom is -0.480 e. The minimum absolute atomic E-state index is 0.384. The van der Waals surface area contributed by atoms with E-state index in [2.05, 4.69) is 10.6 Å². The summed E-state index contributed by atoms with van der Waals surface area (Å²) in [7, 11) is 0. The highest BCUT2D eigenvalue weighted by molar-refractivity contribution is 5.82. The maximum Gasteiger partial charge on any atom is 0.326 e. The summed E-state index contributed by atoms with van der Waals surface area (Å²) in [6.07, 6.45) is 3.91. The molecule has 0 saturated heterocycles. The van der Waals surface area contributed by atoms with Gasteiger partial charge in [0.15, 0.2) is 0 Å². The quantitative estimate of drug-likeness (QED) is 0.616. The Labute approximate surface area is 89.2 Å². The SMILES string of the molecule is CC[C@@H](NC(=O)NCCC1CC1)C(=O)O. The highest BCUT2D eigenvalue weighted by atomic mass is 16.4. The third-order valence-corrected chi connectivity index (χ3v) is 2.55. The number of nitrogens with one attached hydrogen (secondary N) is 2. The van der Waals surface area contributed by atoms with E-state index in [0.717, 1.165) is 12.3 Å². The lowest BCUT2D eigenvalue weighted by atomic mass is 10.2. The molecule has 0 unspecified atom stereocenters. The largest absolute Gasteiger partial charge is 0.480 e. The van der Waals surface area contributed by atoms with E-state index in [9.17, 15) is 9.59 Å². The second kappa shape index (κ2) is 5.58. The number of rotatable bonds is 6. The summed E-state index contributed by atoms with van der Waals surface area (Å²) in [5, 5.41) is 13.8. The van der Waals surface area contributed by atoms with Crippen molar-refractivity contribution in [2.75, 3.05) is 6.54 Å². The molecule has 0 bridgehead atoms. The molecule has 86 valence electrons. The fraction of sp³-hybridized carbons (Fsp3) is 0.800. The Morgan fingerprint density at radius 3 is 2.60 bits per heavy atom. The molecule has 1 atom stereocenters. The highest BCUT2D eigenvalue weighted by Crippen LogP contribution is 2.31. The van der Waals surface area contributed by atoms with Crippen molar-refractivity contribution in [3.05, 3.63) is 0 Å². The van der Waals surface area contributed by atoms with Crippen LogP contribution < -0.4 is 10.6 Å². The zero-order valence-electron chi connectivity index (χ0n) is 8.95. The van der Waals surface area contributed by atoms with Crippen molar-refractivity contribution in [3.63, 3.8) is 0 Å². The number of carboxylic acid groups (broad SMARTS) is 1. The van der Waals surface area contributed by atoms with E-state index in [0.29, 0.717) is 13.0 Å². The first-order valence-electron chi connectivity index (χ1n) is 5.40. The molecular weight excluding hydrogens is 196 g/mol. The molecule has 0 aliphatic heterocycles. The Hall–Kier alpha value is -1.26. The first-order valence-corrected chi connectivity index (χ1v) is 5.40. The number of carbonyl (C=O) groups excluding carboxylic acids is 1. The number of urea groups is 1. The van der Waals surface area contributed by atoms with Gasteiger partial charge in [-0.3, -0.25) is 0 Å². The van der Waals surface area contributed by atoms with Gasteiger partial charge in [0.25, 0.3) is 0 Å². The predicted octanol–water partition coefficient (Wildman–Crippen LogP) is 0.949. The van der Waals surface area contributed by atoms with E-state index >= 15 is 0 Å². The molecular formula is C10H18N2O3. The first kappa shape index (κ1) is 11.8. The topological polar surface area (TPSA) is 78.4 Å². The van der Waals surface area contributed by atoms with Crippen LogP contribution in [0, 0.1) is 5.92 Å². The maximum absolute atomic E-state index is 11.2. The van der Waals surface area contributed by atoms with E-state index in [1.165, 1.54) is 12.8 Å². The van der Waals surface area contributed by atoms with Crippen molar-refractivity contribution >= 4 is 12.0 Å². The molecule has 1 fully saturated rings. The van der Waals surface area contributed by atoms with E-state index in [4.69, 9.17) is 5.11 Å². The van der Waals surface area contributed by atoms with Gasteiger partial charge in [0.2, 0.25) is 0 Å². The number of aliphatic carboxylic acids is 1. The van der Waals surface area contributed by atoms with Crippen LogP contribution in [-0.2, 0) is 4.79 Å². The molecule has 0 radical (unpaired) electrons. The Morgan fingerprint density at radius 1 is 1.47 bits per heavy atom. The fourth-order valence-electron chi connectivity index (χ4n) is 1.34. The number of carboxylic acids is 1. The Morgan fingerprint density at radius 2 is 2.13 bits per heavy atom. The normalized spacial score (nSPS) is 16.9. The summed E-state index contributed by atoms with van der Waals surface area (Å²) in [4.78, 5) is 21.8. The number of hydrogen-bond acceptors (Lipinski definition) is 2. The highest BCUT2D eigenvalue weighted by Gasteiger charge is 2.21. The molecule has 0 aromatic heterocycles. The van der Waals surface area contributed by atoms with E-state index in [-0.39, 0.29) is 6.03 Å². The van der Waals surface area contributed by atoms with Gasteiger partial charge in [0.05, 0.1) is 0 Å². The van der Waals surface area contributed by atoms with Gasteiger partial charge >= 0.3 is 12.0 Å². The van der Waals surface area contributed by atoms with E-state index < -0.39 is 12.0 Å². The summed E-state index contributed by atoms with van der Waals surface area (Å²) in [5.41, 5.74) is 0. The summed E-state index contributed by atoms with van der Waals surface area (Å²) in [6.45, 7) is 2.36. The van der Waals surface area contributed by atoms with Crippen molar-refractivity contribution in [2.24, 2.45) is 5.92 Å². The fourth-order valence-corrected chi connectivity index (χ4v) is 1.34. The van der Waals surface area contributed by atoms with E-state index in [1.54, 1.807) is 6.92 Å². The molecule has 3 N–H and O–H groups in total. The Kier molecular flexibility index (Phi) is 4.39. The molecule has 0 spiro atoms. The van der Waals surface area contributed by atoms with Gasteiger partial charge in [-0.15, -0.1) is 0 Å². The molecule has 1 aliphatic rings. The summed E-state index contributed by atoms with van der Waals surface area (Å²) in [5.74, 6) is -0.221. The van der Waals surface area contributed by atoms with Crippen LogP contribution in [0.1, 0.15) is 32.6 Å². The smallest absolute Gasteiger partial charge is 0.326 e. The summed E-state index contributed by atoms with van der Waals surface area (Å²) in [6, 6.07) is -1.17. The maximum atomic E-state index is 11.2. The second-order valence-electron chi connectivity index (χ2n) is 3.93. The first-order chi connectivity index (χ1) is 7.13. The molecule has 1 rings (SSSR count). The molecule has 15 heavy (non-hydrogen) atoms. The summed E-state index contributed by atoms with van der Waals surface area (Å²) < 4.78 is 0. The zero-order chi connectivity index (χ0) is 11.3. The monoisotopic (exact) mass is 214 g/mol. The predicted molar refractivity (Wildman–Crippen MR) is 55.6 cm³/mol. The van der Waals surface area contributed by atoms with Crippen LogP contribution >= 0.6 is 0 Å². The van der Waals surface area contributed by atoms with Crippen molar-refractivity contribution in [3.8, 4) is 0 Å². The Balaban J connectivity index is 2.12.